The smallest absolute Gasteiger partial charge is 0.165 e. The Morgan fingerprint density at radius 3 is 2.12 bits per heavy atom. The summed E-state index contributed by atoms with van der Waals surface area (Å²) in [6.45, 7) is 0.982. The van der Waals surface area contributed by atoms with Gasteiger partial charge in [0.05, 0.1) is 7.11 Å². The SMILES string of the molecule is COc1ccc2c(c1)C=Cc1cc(OO)ccc1/C2=C/CCN(C)C. The Labute approximate surface area is 148 Å². The number of fused-ring (bicyclic) bond motifs is 2. The van der Waals surface area contributed by atoms with E-state index in [1.165, 1.54) is 11.1 Å². The Hall–Kier alpha value is -2.56. The molecule has 0 heterocycles. The monoisotopic (exact) mass is 337 g/mol. The second-order valence-corrected chi connectivity index (χ2v) is 6.34. The van der Waals surface area contributed by atoms with Crippen molar-refractivity contribution in [1.82, 2.24) is 4.90 Å². The highest BCUT2D eigenvalue weighted by Crippen LogP contribution is 2.37. The van der Waals surface area contributed by atoms with E-state index >= 15 is 0 Å². The Morgan fingerprint density at radius 2 is 1.56 bits per heavy atom. The van der Waals surface area contributed by atoms with Gasteiger partial charge in [-0.1, -0.05) is 24.3 Å². The van der Waals surface area contributed by atoms with Crippen LogP contribution in [0.2, 0.25) is 0 Å². The van der Waals surface area contributed by atoms with E-state index in [2.05, 4.69) is 42.1 Å². The van der Waals surface area contributed by atoms with Crippen LogP contribution in [0.5, 0.6) is 11.5 Å². The quantitative estimate of drug-likeness (QED) is 0.553. The van der Waals surface area contributed by atoms with Gasteiger partial charge in [0.1, 0.15) is 5.75 Å². The molecule has 25 heavy (non-hydrogen) atoms. The van der Waals surface area contributed by atoms with Crippen LogP contribution >= 0.6 is 0 Å². The highest BCUT2D eigenvalue weighted by Gasteiger charge is 2.16. The fourth-order valence-corrected chi connectivity index (χ4v) is 3.04. The van der Waals surface area contributed by atoms with Gasteiger partial charge in [-0.15, -0.1) is 0 Å². The Bertz CT molecular complexity index is 762. The largest absolute Gasteiger partial charge is 0.497 e. The second kappa shape index (κ2) is 7.55. The predicted octanol–water partition coefficient (Wildman–Crippen LogP) is 4.41. The molecule has 3 rings (SSSR count). The zero-order valence-electron chi connectivity index (χ0n) is 14.8. The average Bonchev–Trinajstić information content (AvgIpc) is 2.77. The normalized spacial score (nSPS) is 14.2. The van der Waals surface area contributed by atoms with Crippen molar-refractivity contribution in [3.05, 3.63) is 64.7 Å². The average molecular weight is 337 g/mol. The topological polar surface area (TPSA) is 41.9 Å². The molecule has 0 aromatic heterocycles. The third-order valence-corrected chi connectivity index (χ3v) is 4.33. The van der Waals surface area contributed by atoms with Gasteiger partial charge in [0.25, 0.3) is 0 Å². The first kappa shape index (κ1) is 17.3. The van der Waals surface area contributed by atoms with Crippen molar-refractivity contribution in [3.8, 4) is 11.5 Å². The molecule has 4 nitrogen and oxygen atoms in total. The van der Waals surface area contributed by atoms with E-state index in [4.69, 9.17) is 9.99 Å². The molecule has 0 fully saturated rings. The van der Waals surface area contributed by atoms with Gasteiger partial charge < -0.3 is 14.5 Å². The third-order valence-electron chi connectivity index (χ3n) is 4.33. The van der Waals surface area contributed by atoms with Gasteiger partial charge in [-0.3, -0.25) is 0 Å². The van der Waals surface area contributed by atoms with Crippen LogP contribution in [0.25, 0.3) is 17.7 Å². The van der Waals surface area contributed by atoms with Crippen molar-refractivity contribution in [2.24, 2.45) is 0 Å². The van der Waals surface area contributed by atoms with E-state index in [1.54, 1.807) is 13.2 Å². The molecule has 1 aliphatic carbocycles. The molecule has 0 unspecified atom stereocenters. The maximum atomic E-state index is 8.96. The van der Waals surface area contributed by atoms with Crippen molar-refractivity contribution in [3.63, 3.8) is 0 Å². The zero-order valence-corrected chi connectivity index (χ0v) is 14.8. The van der Waals surface area contributed by atoms with Crippen LogP contribution in [0.3, 0.4) is 0 Å². The molecule has 4 heteroatoms. The lowest BCUT2D eigenvalue weighted by Crippen LogP contribution is -2.12. The second-order valence-electron chi connectivity index (χ2n) is 6.34. The van der Waals surface area contributed by atoms with Gasteiger partial charge in [-0.2, -0.15) is 0 Å². The standard InChI is InChI=1S/C21H23NO3/c1-22(2)12-4-5-21-19-10-8-17(24-3)13-15(19)6-7-16-14-18(25-23)9-11-20(16)21/h5-11,13-14,23H,4,12H2,1-3H3/b21-5+. The molecular weight excluding hydrogens is 314 g/mol. The van der Waals surface area contributed by atoms with Gasteiger partial charge in [0.15, 0.2) is 5.75 Å². The first-order valence-corrected chi connectivity index (χ1v) is 8.29. The highest BCUT2D eigenvalue weighted by atomic mass is 17.1. The first-order valence-electron chi connectivity index (χ1n) is 8.29. The third kappa shape index (κ3) is 3.76. The van der Waals surface area contributed by atoms with E-state index in [9.17, 15) is 0 Å². The lowest BCUT2D eigenvalue weighted by Gasteiger charge is -2.14. The number of hydrogen-bond donors (Lipinski definition) is 1. The molecule has 2 aromatic carbocycles. The summed E-state index contributed by atoms with van der Waals surface area (Å²) in [6, 6.07) is 11.7. The minimum absolute atomic E-state index is 0.430. The van der Waals surface area contributed by atoms with E-state index in [0.717, 1.165) is 35.4 Å². The number of benzene rings is 2. The van der Waals surface area contributed by atoms with Gasteiger partial charge in [-0.05, 0) is 78.7 Å². The van der Waals surface area contributed by atoms with Crippen molar-refractivity contribution >= 4 is 17.7 Å². The van der Waals surface area contributed by atoms with E-state index < -0.39 is 0 Å². The summed E-state index contributed by atoms with van der Waals surface area (Å²) in [7, 11) is 5.82. The maximum absolute atomic E-state index is 8.96. The van der Waals surface area contributed by atoms with E-state index in [-0.39, 0.29) is 0 Å². The molecule has 130 valence electrons. The Kier molecular flexibility index (Phi) is 5.22. The molecule has 0 saturated heterocycles. The van der Waals surface area contributed by atoms with Crippen LogP contribution in [-0.4, -0.2) is 37.9 Å². The molecule has 1 aliphatic rings. The Balaban J connectivity index is 2.13. The van der Waals surface area contributed by atoms with Crippen LogP contribution in [0, 0.1) is 0 Å². The molecular formula is C21H23NO3. The Morgan fingerprint density at radius 1 is 0.960 bits per heavy atom. The van der Waals surface area contributed by atoms with Crippen LogP contribution in [-0.2, 0) is 0 Å². The summed E-state index contributed by atoms with van der Waals surface area (Å²) in [6.07, 6.45) is 7.34. The molecule has 0 radical (unpaired) electrons. The predicted molar refractivity (Wildman–Crippen MR) is 102 cm³/mol. The fourth-order valence-electron chi connectivity index (χ4n) is 3.04. The van der Waals surface area contributed by atoms with E-state index in [0.29, 0.717) is 5.75 Å². The van der Waals surface area contributed by atoms with Crippen LogP contribution in [0.4, 0.5) is 0 Å². The lowest BCUT2D eigenvalue weighted by atomic mass is 9.92. The van der Waals surface area contributed by atoms with Gasteiger partial charge in [0, 0.05) is 6.54 Å². The molecule has 0 amide bonds. The summed E-state index contributed by atoms with van der Waals surface area (Å²) in [5.41, 5.74) is 5.60. The molecule has 1 N–H and O–H groups in total. The number of nitrogens with zero attached hydrogens (tertiary/aromatic N) is 1. The molecule has 0 spiro atoms. The lowest BCUT2D eigenvalue weighted by molar-refractivity contribution is -0.137. The fraction of sp³-hybridized carbons (Fsp3) is 0.238. The molecule has 2 aromatic rings. The number of ether oxygens (including phenoxy) is 1. The summed E-state index contributed by atoms with van der Waals surface area (Å²) in [5, 5.41) is 8.96. The molecule has 0 aliphatic heterocycles. The summed E-state index contributed by atoms with van der Waals surface area (Å²) in [5.74, 6) is 1.26. The van der Waals surface area contributed by atoms with Crippen molar-refractivity contribution in [1.29, 1.82) is 0 Å². The number of hydrogen-bond acceptors (Lipinski definition) is 4. The zero-order chi connectivity index (χ0) is 17.8. The van der Waals surface area contributed by atoms with Crippen molar-refractivity contribution in [2.45, 2.75) is 6.42 Å². The minimum atomic E-state index is 0.430. The van der Waals surface area contributed by atoms with Gasteiger partial charge >= 0.3 is 0 Å². The summed E-state index contributed by atoms with van der Waals surface area (Å²) in [4.78, 5) is 6.57. The number of rotatable bonds is 5. The van der Waals surface area contributed by atoms with Crippen molar-refractivity contribution in [2.75, 3.05) is 27.7 Å². The van der Waals surface area contributed by atoms with Crippen LogP contribution < -0.4 is 9.62 Å². The maximum Gasteiger partial charge on any atom is 0.165 e. The number of methoxy groups -OCH3 is 1. The van der Waals surface area contributed by atoms with Crippen molar-refractivity contribution < 1.29 is 14.9 Å². The van der Waals surface area contributed by atoms with Gasteiger partial charge in [0.2, 0.25) is 0 Å². The molecule has 0 bridgehead atoms. The first-order chi connectivity index (χ1) is 12.1. The van der Waals surface area contributed by atoms with Gasteiger partial charge in [-0.25, -0.2) is 5.26 Å². The summed E-state index contributed by atoms with van der Waals surface area (Å²) < 4.78 is 5.37. The van der Waals surface area contributed by atoms with Crippen LogP contribution in [0.15, 0.2) is 42.5 Å². The minimum Gasteiger partial charge on any atom is -0.497 e. The molecule has 0 saturated carbocycles. The highest BCUT2D eigenvalue weighted by molar-refractivity contribution is 5.94. The van der Waals surface area contributed by atoms with Crippen LogP contribution in [0.1, 0.15) is 28.7 Å². The summed E-state index contributed by atoms with van der Waals surface area (Å²) >= 11 is 0. The van der Waals surface area contributed by atoms with E-state index in [1.807, 2.05) is 30.3 Å². The molecule has 0 atom stereocenters.